The molecular weight excluding hydrogens is 264 g/mol. The van der Waals surface area contributed by atoms with Crippen LogP contribution in [-0.2, 0) is 5.41 Å². The second kappa shape index (κ2) is 3.94. The molecule has 92 valence electrons. The maximum atomic E-state index is 11.9. The molecule has 0 saturated carbocycles. The Morgan fingerprint density at radius 1 is 1.22 bits per heavy atom. The molecule has 1 heterocycles. The van der Waals surface area contributed by atoms with Crippen molar-refractivity contribution in [3.05, 3.63) is 45.8 Å². The zero-order valence-corrected chi connectivity index (χ0v) is 11.9. The third kappa shape index (κ3) is 1.80. The lowest BCUT2D eigenvalue weighted by Gasteiger charge is -2.18. The summed E-state index contributed by atoms with van der Waals surface area (Å²) in [6, 6.07) is 10.0. The Bertz CT molecular complexity index is 640. The van der Waals surface area contributed by atoms with E-state index in [-0.39, 0.29) is 11.2 Å². The van der Waals surface area contributed by atoms with E-state index in [1.165, 1.54) is 0 Å². The highest BCUT2D eigenvalue weighted by atomic mass is 35.5. The number of ketones is 1. The summed E-state index contributed by atoms with van der Waals surface area (Å²) in [5.41, 5.74) is 3.14. The first kappa shape index (κ1) is 11.9. The van der Waals surface area contributed by atoms with Crippen LogP contribution in [-0.4, -0.2) is 5.78 Å². The van der Waals surface area contributed by atoms with Crippen molar-refractivity contribution < 1.29 is 4.79 Å². The minimum Gasteiger partial charge on any atom is -0.294 e. The van der Waals surface area contributed by atoms with Gasteiger partial charge in [0, 0.05) is 16.9 Å². The van der Waals surface area contributed by atoms with E-state index in [9.17, 15) is 4.79 Å². The average Bonchev–Trinajstić information content (AvgIpc) is 2.82. The van der Waals surface area contributed by atoms with Gasteiger partial charge in [-0.05, 0) is 34.7 Å². The van der Waals surface area contributed by atoms with Gasteiger partial charge in [0.05, 0.1) is 4.34 Å². The van der Waals surface area contributed by atoms with Crippen molar-refractivity contribution in [1.82, 2.24) is 0 Å². The lowest BCUT2D eigenvalue weighted by molar-refractivity contribution is 0.0979. The van der Waals surface area contributed by atoms with Gasteiger partial charge < -0.3 is 0 Å². The molecule has 18 heavy (non-hydrogen) atoms. The third-order valence-electron chi connectivity index (χ3n) is 3.51. The van der Waals surface area contributed by atoms with Crippen LogP contribution in [0.1, 0.15) is 36.2 Å². The van der Waals surface area contributed by atoms with Gasteiger partial charge in [-0.1, -0.05) is 37.6 Å². The predicted molar refractivity (Wildman–Crippen MR) is 76.7 cm³/mol. The number of hydrogen-bond acceptors (Lipinski definition) is 2. The van der Waals surface area contributed by atoms with Crippen molar-refractivity contribution in [3.63, 3.8) is 0 Å². The van der Waals surface area contributed by atoms with Crippen LogP contribution in [0.4, 0.5) is 0 Å². The monoisotopic (exact) mass is 276 g/mol. The van der Waals surface area contributed by atoms with Gasteiger partial charge in [0.25, 0.3) is 0 Å². The van der Waals surface area contributed by atoms with Crippen molar-refractivity contribution >= 4 is 28.7 Å². The van der Waals surface area contributed by atoms with Crippen LogP contribution in [0.3, 0.4) is 0 Å². The standard InChI is InChI=1S/C15H13ClOS/c1-15(2)8-12(17)10-4-3-9(7-11(10)15)13-5-6-14(16)18-13/h3-7H,8H2,1-2H3. The highest BCUT2D eigenvalue weighted by molar-refractivity contribution is 7.19. The number of Topliss-reactive ketones (excluding diaryl/α,β-unsaturated/α-hetero) is 1. The van der Waals surface area contributed by atoms with Gasteiger partial charge in [-0.3, -0.25) is 4.79 Å². The smallest absolute Gasteiger partial charge is 0.164 e. The van der Waals surface area contributed by atoms with Crippen LogP contribution in [0.25, 0.3) is 10.4 Å². The molecule has 0 radical (unpaired) electrons. The summed E-state index contributed by atoms with van der Waals surface area (Å²) in [6.45, 7) is 4.25. The summed E-state index contributed by atoms with van der Waals surface area (Å²) in [6.07, 6.45) is 0.608. The fraction of sp³-hybridized carbons (Fsp3) is 0.267. The lowest BCUT2D eigenvalue weighted by atomic mass is 9.86. The van der Waals surface area contributed by atoms with Crippen LogP contribution < -0.4 is 0 Å². The minimum atomic E-state index is -0.0521. The molecule has 0 saturated heterocycles. The van der Waals surface area contributed by atoms with Gasteiger partial charge in [-0.15, -0.1) is 11.3 Å². The molecule has 0 spiro atoms. The summed E-state index contributed by atoms with van der Waals surface area (Å²) in [5.74, 6) is 0.255. The van der Waals surface area contributed by atoms with Crippen molar-refractivity contribution in [1.29, 1.82) is 0 Å². The van der Waals surface area contributed by atoms with E-state index in [0.717, 1.165) is 25.9 Å². The predicted octanol–water partition coefficient (Wildman–Crippen LogP) is 4.93. The zero-order valence-electron chi connectivity index (χ0n) is 10.3. The third-order valence-corrected chi connectivity index (χ3v) is 4.79. The number of fused-ring (bicyclic) bond motifs is 1. The molecule has 1 nitrogen and oxygen atoms in total. The molecule has 1 aromatic carbocycles. The topological polar surface area (TPSA) is 17.1 Å². The number of thiophene rings is 1. The quantitative estimate of drug-likeness (QED) is 0.721. The van der Waals surface area contributed by atoms with E-state index < -0.39 is 0 Å². The van der Waals surface area contributed by atoms with Crippen molar-refractivity contribution in [2.24, 2.45) is 0 Å². The fourth-order valence-corrected chi connectivity index (χ4v) is 3.60. The van der Waals surface area contributed by atoms with E-state index in [2.05, 4.69) is 19.9 Å². The molecule has 1 aliphatic carbocycles. The molecule has 1 aliphatic rings. The van der Waals surface area contributed by atoms with E-state index in [0.29, 0.717) is 6.42 Å². The number of carbonyl (C=O) groups is 1. The minimum absolute atomic E-state index is 0.0521. The van der Waals surface area contributed by atoms with Crippen molar-refractivity contribution in [3.8, 4) is 10.4 Å². The Morgan fingerprint density at radius 3 is 2.67 bits per heavy atom. The van der Waals surface area contributed by atoms with Gasteiger partial charge in [-0.25, -0.2) is 0 Å². The molecule has 0 amide bonds. The second-order valence-electron chi connectivity index (χ2n) is 5.35. The Hall–Kier alpha value is -1.12. The average molecular weight is 277 g/mol. The molecule has 3 rings (SSSR count). The normalized spacial score (nSPS) is 16.9. The molecule has 2 aromatic rings. The number of benzene rings is 1. The summed E-state index contributed by atoms with van der Waals surface area (Å²) < 4.78 is 0.792. The van der Waals surface area contributed by atoms with Gasteiger partial charge in [-0.2, -0.15) is 0 Å². The molecule has 3 heteroatoms. The maximum Gasteiger partial charge on any atom is 0.164 e. The first-order chi connectivity index (χ1) is 8.47. The summed E-state index contributed by atoms with van der Waals surface area (Å²) in [7, 11) is 0. The van der Waals surface area contributed by atoms with Crippen molar-refractivity contribution in [2.75, 3.05) is 0 Å². The van der Waals surface area contributed by atoms with Crippen LogP contribution in [0.15, 0.2) is 30.3 Å². The number of hydrogen-bond donors (Lipinski definition) is 0. The zero-order chi connectivity index (χ0) is 12.9. The van der Waals surface area contributed by atoms with E-state index in [1.54, 1.807) is 11.3 Å². The highest BCUT2D eigenvalue weighted by Gasteiger charge is 2.35. The SMILES string of the molecule is CC1(C)CC(=O)c2ccc(-c3ccc(Cl)s3)cc21. The molecule has 0 fully saturated rings. The molecule has 1 aromatic heterocycles. The van der Waals surface area contributed by atoms with Gasteiger partial charge in [0.2, 0.25) is 0 Å². The fourth-order valence-electron chi connectivity index (χ4n) is 2.56. The van der Waals surface area contributed by atoms with E-state index in [4.69, 9.17) is 11.6 Å². The number of rotatable bonds is 1. The summed E-state index contributed by atoms with van der Waals surface area (Å²) >= 11 is 7.54. The van der Waals surface area contributed by atoms with Gasteiger partial charge in [0.15, 0.2) is 5.78 Å². The molecule has 0 unspecified atom stereocenters. The molecule has 0 aliphatic heterocycles. The first-order valence-electron chi connectivity index (χ1n) is 5.91. The van der Waals surface area contributed by atoms with Crippen LogP contribution in [0.5, 0.6) is 0 Å². The molecular formula is C15H13ClOS. The first-order valence-corrected chi connectivity index (χ1v) is 7.10. The Labute approximate surface area is 115 Å². The van der Waals surface area contributed by atoms with Crippen molar-refractivity contribution in [2.45, 2.75) is 25.7 Å². The van der Waals surface area contributed by atoms with E-state index in [1.807, 2.05) is 24.3 Å². The molecule has 0 atom stereocenters. The molecule has 0 bridgehead atoms. The summed E-state index contributed by atoms with van der Waals surface area (Å²) in [5, 5.41) is 0. The molecule has 0 N–H and O–H groups in total. The Morgan fingerprint density at radius 2 is 2.00 bits per heavy atom. The van der Waals surface area contributed by atoms with Gasteiger partial charge in [0.1, 0.15) is 0 Å². The maximum absolute atomic E-state index is 11.9. The van der Waals surface area contributed by atoms with Crippen LogP contribution in [0, 0.1) is 0 Å². The number of halogens is 1. The Kier molecular flexibility index (Phi) is 2.61. The largest absolute Gasteiger partial charge is 0.294 e. The van der Waals surface area contributed by atoms with Gasteiger partial charge >= 0.3 is 0 Å². The summed E-state index contributed by atoms with van der Waals surface area (Å²) in [4.78, 5) is 13.1. The van der Waals surface area contributed by atoms with Crippen LogP contribution >= 0.6 is 22.9 Å². The van der Waals surface area contributed by atoms with E-state index >= 15 is 0 Å². The lowest BCUT2D eigenvalue weighted by Crippen LogP contribution is -2.12. The van der Waals surface area contributed by atoms with Crippen LogP contribution in [0.2, 0.25) is 4.34 Å². The second-order valence-corrected chi connectivity index (χ2v) is 7.06. The Balaban J connectivity index is 2.14. The number of carbonyl (C=O) groups excluding carboxylic acids is 1. The highest BCUT2D eigenvalue weighted by Crippen LogP contribution is 2.41.